The number of nitrogens with zero attached hydrogens (tertiary/aromatic N) is 3. The minimum atomic E-state index is -1.16. The normalized spacial score (nSPS) is 30.9. The van der Waals surface area contributed by atoms with Crippen LogP contribution in [0.5, 0.6) is 0 Å². The summed E-state index contributed by atoms with van der Waals surface area (Å²) in [6.07, 6.45) is -1.21. The number of anilines is 1. The van der Waals surface area contributed by atoms with E-state index in [4.69, 9.17) is 9.84 Å². The Balaban J connectivity index is 1.84. The summed E-state index contributed by atoms with van der Waals surface area (Å²) in [5.74, 6) is 0.400. The molecule has 1 unspecified atom stereocenters. The minimum Gasteiger partial charge on any atom is -0.394 e. The fourth-order valence-electron chi connectivity index (χ4n) is 2.03. The fourth-order valence-corrected chi connectivity index (χ4v) is 2.03. The van der Waals surface area contributed by atoms with Crippen molar-refractivity contribution in [3.63, 3.8) is 0 Å². The van der Waals surface area contributed by atoms with E-state index in [2.05, 4.69) is 25.3 Å². The minimum absolute atomic E-state index is 0.375. The highest BCUT2D eigenvalue weighted by Gasteiger charge is 2.42. The number of nitrogens with one attached hydrogen (secondary N) is 2. The number of hydrogen-bond acceptors (Lipinski definition) is 8. The average Bonchev–Trinajstić information content (AvgIpc) is 2.99. The maximum absolute atomic E-state index is 9.83. The molecule has 1 saturated heterocycles. The molecule has 1 fully saturated rings. The van der Waals surface area contributed by atoms with Gasteiger partial charge in [0.15, 0.2) is 17.7 Å². The van der Waals surface area contributed by atoms with Crippen molar-refractivity contribution in [1.29, 1.82) is 0 Å². The molecule has 2 aromatic rings. The first-order valence-corrected chi connectivity index (χ1v) is 5.74. The van der Waals surface area contributed by atoms with Crippen LogP contribution in [-0.4, -0.2) is 66.4 Å². The number of fused-ring (bicyclic) bond motifs is 1. The highest BCUT2D eigenvalue weighted by molar-refractivity contribution is 5.82. The Morgan fingerprint density at radius 1 is 1.26 bits per heavy atom. The molecule has 0 bridgehead atoms. The summed E-state index contributed by atoms with van der Waals surface area (Å²) in [6, 6.07) is 0. The SMILES string of the molecule is OC[C@H]1OC(Nc2ncnc3nc[nH]c23)[C@H](O)[C@@H]1O. The fraction of sp³-hybridized carbons (Fsp3) is 0.500. The van der Waals surface area contributed by atoms with Gasteiger partial charge in [-0.05, 0) is 0 Å². The van der Waals surface area contributed by atoms with Gasteiger partial charge in [-0.1, -0.05) is 0 Å². The van der Waals surface area contributed by atoms with Crippen LogP contribution in [0.15, 0.2) is 12.7 Å². The second kappa shape index (κ2) is 4.70. The molecule has 9 nitrogen and oxygen atoms in total. The predicted octanol–water partition coefficient (Wildman–Crippen LogP) is -1.80. The number of aromatic nitrogens is 4. The zero-order chi connectivity index (χ0) is 13.4. The first kappa shape index (κ1) is 12.2. The third-order valence-corrected chi connectivity index (χ3v) is 3.04. The molecule has 0 aromatic carbocycles. The first-order chi connectivity index (χ1) is 9.20. The lowest BCUT2D eigenvalue weighted by Gasteiger charge is -2.16. The number of H-pyrrole nitrogens is 1. The largest absolute Gasteiger partial charge is 0.394 e. The van der Waals surface area contributed by atoms with Crippen LogP contribution in [-0.2, 0) is 4.74 Å². The summed E-state index contributed by atoms with van der Waals surface area (Å²) in [7, 11) is 0. The number of aliphatic hydroxyl groups excluding tert-OH is 3. The molecule has 102 valence electrons. The molecule has 4 atom stereocenters. The molecule has 0 radical (unpaired) electrons. The van der Waals surface area contributed by atoms with E-state index in [0.29, 0.717) is 17.0 Å². The van der Waals surface area contributed by atoms with Gasteiger partial charge >= 0.3 is 0 Å². The van der Waals surface area contributed by atoms with E-state index in [9.17, 15) is 10.2 Å². The Bertz CT molecular complexity index is 576. The number of aliphatic hydroxyl groups is 3. The van der Waals surface area contributed by atoms with Gasteiger partial charge in [0.1, 0.15) is 30.2 Å². The molecule has 3 rings (SSSR count). The van der Waals surface area contributed by atoms with E-state index in [1.54, 1.807) is 0 Å². The van der Waals surface area contributed by atoms with E-state index < -0.39 is 24.5 Å². The number of ether oxygens (including phenoxy) is 1. The van der Waals surface area contributed by atoms with E-state index in [0.717, 1.165) is 0 Å². The number of hydrogen-bond donors (Lipinski definition) is 5. The lowest BCUT2D eigenvalue weighted by molar-refractivity contribution is -0.0153. The summed E-state index contributed by atoms with van der Waals surface area (Å²) < 4.78 is 5.31. The van der Waals surface area contributed by atoms with Gasteiger partial charge in [-0.25, -0.2) is 15.0 Å². The van der Waals surface area contributed by atoms with Crippen LogP contribution in [0.2, 0.25) is 0 Å². The predicted molar refractivity (Wildman–Crippen MR) is 63.1 cm³/mol. The average molecular weight is 267 g/mol. The van der Waals surface area contributed by atoms with Gasteiger partial charge in [0.25, 0.3) is 0 Å². The van der Waals surface area contributed by atoms with E-state index in [1.807, 2.05) is 0 Å². The molecule has 5 N–H and O–H groups in total. The van der Waals surface area contributed by atoms with Crippen molar-refractivity contribution in [2.45, 2.75) is 24.5 Å². The van der Waals surface area contributed by atoms with E-state index >= 15 is 0 Å². The second-order valence-electron chi connectivity index (χ2n) is 4.23. The maximum atomic E-state index is 9.83. The van der Waals surface area contributed by atoms with Crippen molar-refractivity contribution in [2.24, 2.45) is 0 Å². The highest BCUT2D eigenvalue weighted by Crippen LogP contribution is 2.24. The number of rotatable bonds is 3. The molecular formula is C10H13N5O4. The molecule has 0 aliphatic carbocycles. The monoisotopic (exact) mass is 267 g/mol. The quantitative estimate of drug-likeness (QED) is 0.439. The lowest BCUT2D eigenvalue weighted by atomic mass is 10.1. The van der Waals surface area contributed by atoms with Gasteiger partial charge in [0, 0.05) is 0 Å². The molecule has 0 saturated carbocycles. The Morgan fingerprint density at radius 2 is 2.11 bits per heavy atom. The van der Waals surface area contributed by atoms with Gasteiger partial charge < -0.3 is 30.4 Å². The molecule has 0 spiro atoms. The van der Waals surface area contributed by atoms with Crippen molar-refractivity contribution in [3.8, 4) is 0 Å². The second-order valence-corrected chi connectivity index (χ2v) is 4.23. The summed E-state index contributed by atoms with van der Waals surface area (Å²) in [4.78, 5) is 14.8. The molecular weight excluding hydrogens is 254 g/mol. The smallest absolute Gasteiger partial charge is 0.182 e. The summed E-state index contributed by atoms with van der Waals surface area (Å²) in [5, 5.41) is 31.3. The number of aromatic amines is 1. The zero-order valence-electron chi connectivity index (χ0n) is 9.76. The standard InChI is InChI=1S/C10H13N5O4/c16-1-4-6(17)7(18)10(19-4)15-9-5-8(12-2-11-5)13-3-14-9/h2-4,6-7,10,16-18H,1H2,(H2,11,12,13,14,15)/t4-,6-,7-,10?/m1/s1. The van der Waals surface area contributed by atoms with Gasteiger partial charge in [-0.2, -0.15) is 0 Å². The molecule has 1 aliphatic heterocycles. The summed E-state index contributed by atoms with van der Waals surface area (Å²) >= 11 is 0. The van der Waals surface area contributed by atoms with Gasteiger partial charge in [-0.3, -0.25) is 0 Å². The molecule has 2 aromatic heterocycles. The van der Waals surface area contributed by atoms with Crippen LogP contribution in [0.4, 0.5) is 5.82 Å². The van der Waals surface area contributed by atoms with Crippen LogP contribution >= 0.6 is 0 Å². The van der Waals surface area contributed by atoms with Crippen molar-refractivity contribution in [1.82, 2.24) is 19.9 Å². The Hall–Kier alpha value is -1.81. The van der Waals surface area contributed by atoms with Crippen LogP contribution in [0.3, 0.4) is 0 Å². The van der Waals surface area contributed by atoms with Gasteiger partial charge in [0.05, 0.1) is 12.9 Å². The third kappa shape index (κ3) is 2.02. The molecule has 3 heterocycles. The lowest BCUT2D eigenvalue weighted by Crippen LogP contribution is -2.36. The summed E-state index contributed by atoms with van der Waals surface area (Å²) in [6.45, 7) is -0.375. The third-order valence-electron chi connectivity index (χ3n) is 3.04. The van der Waals surface area contributed by atoms with Crippen molar-refractivity contribution < 1.29 is 20.1 Å². The molecule has 1 aliphatic rings. The van der Waals surface area contributed by atoms with Crippen LogP contribution in [0.25, 0.3) is 11.2 Å². The Labute approximate surface area is 107 Å². The summed E-state index contributed by atoms with van der Waals surface area (Å²) in [5.41, 5.74) is 1.05. The molecule has 19 heavy (non-hydrogen) atoms. The highest BCUT2D eigenvalue weighted by atomic mass is 16.6. The van der Waals surface area contributed by atoms with Crippen LogP contribution < -0.4 is 5.32 Å². The maximum Gasteiger partial charge on any atom is 0.182 e. The van der Waals surface area contributed by atoms with E-state index in [1.165, 1.54) is 12.7 Å². The Kier molecular flexibility index (Phi) is 3.03. The topological polar surface area (TPSA) is 136 Å². The van der Waals surface area contributed by atoms with Gasteiger partial charge in [-0.15, -0.1) is 0 Å². The molecule has 9 heteroatoms. The Morgan fingerprint density at radius 3 is 2.84 bits per heavy atom. The van der Waals surface area contributed by atoms with Crippen LogP contribution in [0, 0.1) is 0 Å². The zero-order valence-corrected chi connectivity index (χ0v) is 9.76. The van der Waals surface area contributed by atoms with Crippen molar-refractivity contribution in [2.75, 3.05) is 11.9 Å². The van der Waals surface area contributed by atoms with Crippen molar-refractivity contribution >= 4 is 17.0 Å². The van der Waals surface area contributed by atoms with E-state index in [-0.39, 0.29) is 6.61 Å². The number of imidazole rings is 1. The van der Waals surface area contributed by atoms with Gasteiger partial charge in [0.2, 0.25) is 0 Å². The van der Waals surface area contributed by atoms with Crippen molar-refractivity contribution in [3.05, 3.63) is 12.7 Å². The molecule has 0 amide bonds. The first-order valence-electron chi connectivity index (χ1n) is 5.74. The van der Waals surface area contributed by atoms with Crippen LogP contribution in [0.1, 0.15) is 0 Å².